The Morgan fingerprint density at radius 2 is 2.00 bits per heavy atom. The zero-order valence-electron chi connectivity index (χ0n) is 14.3. The molecule has 4 rings (SSSR count). The largest absolute Gasteiger partial charge is 0.310 e. The van der Waals surface area contributed by atoms with Gasteiger partial charge in [-0.05, 0) is 76.0 Å². The van der Waals surface area contributed by atoms with Gasteiger partial charge in [0.25, 0.3) is 0 Å². The number of likely N-dealkylation sites (tertiary alicyclic amines) is 1. The van der Waals surface area contributed by atoms with Gasteiger partial charge in [-0.3, -0.25) is 0 Å². The van der Waals surface area contributed by atoms with Crippen molar-refractivity contribution in [3.8, 4) is 0 Å². The Kier molecular flexibility index (Phi) is 4.12. The Bertz CT molecular complexity index is 641. The summed E-state index contributed by atoms with van der Waals surface area (Å²) >= 11 is 0. The summed E-state index contributed by atoms with van der Waals surface area (Å²) in [6.07, 6.45) is 9.45. The zero-order valence-corrected chi connectivity index (χ0v) is 14.3. The summed E-state index contributed by atoms with van der Waals surface area (Å²) in [7, 11) is 2.21. The Hall–Kier alpha value is -1.39. The number of fused-ring (bicyclic) bond motifs is 1. The van der Waals surface area contributed by atoms with Gasteiger partial charge in [0.05, 0.1) is 5.69 Å². The first-order valence-electron chi connectivity index (χ1n) is 9.09. The van der Waals surface area contributed by atoms with E-state index in [1.165, 1.54) is 50.0 Å². The molecule has 23 heavy (non-hydrogen) atoms. The van der Waals surface area contributed by atoms with Crippen molar-refractivity contribution in [1.29, 1.82) is 0 Å². The molecular formula is C19H28N4. The quantitative estimate of drug-likeness (QED) is 0.924. The van der Waals surface area contributed by atoms with Gasteiger partial charge in [0.15, 0.2) is 0 Å². The van der Waals surface area contributed by atoms with Gasteiger partial charge < -0.3 is 14.6 Å². The normalized spacial score (nSPS) is 27.6. The first kappa shape index (κ1) is 15.2. The minimum atomic E-state index is 0.500. The van der Waals surface area contributed by atoms with E-state index in [4.69, 9.17) is 4.98 Å². The van der Waals surface area contributed by atoms with Crippen molar-refractivity contribution in [2.45, 2.75) is 44.6 Å². The molecule has 1 N–H and O–H groups in total. The molecule has 2 fully saturated rings. The maximum atomic E-state index is 4.95. The maximum Gasteiger partial charge on any atom is 0.137 e. The van der Waals surface area contributed by atoms with E-state index in [9.17, 15) is 0 Å². The molecule has 0 bridgehead atoms. The van der Waals surface area contributed by atoms with Gasteiger partial charge in [-0.1, -0.05) is 6.92 Å². The van der Waals surface area contributed by atoms with Crippen molar-refractivity contribution in [1.82, 2.24) is 19.6 Å². The summed E-state index contributed by atoms with van der Waals surface area (Å²) in [5.41, 5.74) is 3.78. The van der Waals surface area contributed by atoms with Crippen molar-refractivity contribution in [2.75, 3.05) is 26.7 Å². The van der Waals surface area contributed by atoms with Crippen LogP contribution in [-0.4, -0.2) is 41.0 Å². The highest BCUT2D eigenvalue weighted by Gasteiger charge is 2.22. The van der Waals surface area contributed by atoms with E-state index in [1.54, 1.807) is 0 Å². The molecule has 0 radical (unpaired) electrons. The van der Waals surface area contributed by atoms with Crippen LogP contribution in [0.4, 0.5) is 0 Å². The lowest BCUT2D eigenvalue weighted by molar-refractivity contribution is 0.253. The van der Waals surface area contributed by atoms with Crippen molar-refractivity contribution in [3.05, 3.63) is 35.8 Å². The van der Waals surface area contributed by atoms with Crippen LogP contribution in [0.15, 0.2) is 24.5 Å². The van der Waals surface area contributed by atoms with E-state index >= 15 is 0 Å². The minimum absolute atomic E-state index is 0.500. The topological polar surface area (TPSA) is 32.6 Å². The number of nitrogens with zero attached hydrogens (tertiary/aromatic N) is 3. The van der Waals surface area contributed by atoms with E-state index < -0.39 is 0 Å². The molecule has 2 aliphatic rings. The van der Waals surface area contributed by atoms with E-state index in [0.29, 0.717) is 12.0 Å². The van der Waals surface area contributed by atoms with Gasteiger partial charge in [-0.2, -0.15) is 0 Å². The van der Waals surface area contributed by atoms with Crippen LogP contribution in [0.25, 0.3) is 5.65 Å². The number of rotatable bonds is 2. The second kappa shape index (κ2) is 6.25. The molecule has 0 aliphatic carbocycles. The second-order valence-electron chi connectivity index (χ2n) is 7.61. The van der Waals surface area contributed by atoms with Crippen LogP contribution >= 0.6 is 0 Å². The molecule has 0 saturated carbocycles. The summed E-state index contributed by atoms with van der Waals surface area (Å²) in [5.74, 6) is 1.43. The second-order valence-corrected chi connectivity index (χ2v) is 7.61. The van der Waals surface area contributed by atoms with Crippen molar-refractivity contribution in [2.24, 2.45) is 5.92 Å². The number of nitrogens with one attached hydrogen (secondary N) is 1. The smallest absolute Gasteiger partial charge is 0.137 e. The average Bonchev–Trinajstić information content (AvgIpc) is 2.99. The van der Waals surface area contributed by atoms with Gasteiger partial charge in [0.2, 0.25) is 0 Å². The highest BCUT2D eigenvalue weighted by Crippen LogP contribution is 2.29. The Morgan fingerprint density at radius 1 is 1.17 bits per heavy atom. The Labute approximate surface area is 138 Å². The number of hydrogen-bond donors (Lipinski definition) is 1. The number of piperidine rings is 2. The number of imidazole rings is 1. The zero-order chi connectivity index (χ0) is 15.8. The van der Waals surface area contributed by atoms with E-state index in [0.717, 1.165) is 18.1 Å². The van der Waals surface area contributed by atoms with Crippen molar-refractivity contribution in [3.63, 3.8) is 0 Å². The van der Waals surface area contributed by atoms with Crippen LogP contribution < -0.4 is 5.32 Å². The minimum Gasteiger partial charge on any atom is -0.310 e. The third-order valence-electron chi connectivity index (χ3n) is 5.70. The number of aromatic nitrogens is 2. The van der Waals surface area contributed by atoms with E-state index in [2.05, 4.69) is 53.1 Å². The number of hydrogen-bond acceptors (Lipinski definition) is 3. The lowest BCUT2D eigenvalue weighted by Crippen LogP contribution is -2.31. The summed E-state index contributed by atoms with van der Waals surface area (Å²) in [6, 6.07) is 5.05. The van der Waals surface area contributed by atoms with Gasteiger partial charge >= 0.3 is 0 Å². The fourth-order valence-electron chi connectivity index (χ4n) is 4.02. The maximum absolute atomic E-state index is 4.95. The van der Waals surface area contributed by atoms with Crippen LogP contribution in [0.1, 0.15) is 55.8 Å². The molecule has 1 unspecified atom stereocenters. The molecule has 124 valence electrons. The molecule has 4 nitrogen and oxygen atoms in total. The summed E-state index contributed by atoms with van der Waals surface area (Å²) in [6.45, 7) is 5.84. The fourth-order valence-corrected chi connectivity index (χ4v) is 4.02. The van der Waals surface area contributed by atoms with Gasteiger partial charge in [0, 0.05) is 24.4 Å². The summed E-state index contributed by atoms with van der Waals surface area (Å²) in [5, 5.41) is 3.68. The molecule has 2 saturated heterocycles. The lowest BCUT2D eigenvalue weighted by Gasteiger charge is -2.28. The van der Waals surface area contributed by atoms with Gasteiger partial charge in [-0.25, -0.2) is 4.98 Å². The predicted molar refractivity (Wildman–Crippen MR) is 93.8 cm³/mol. The van der Waals surface area contributed by atoms with E-state index in [-0.39, 0.29) is 0 Å². The van der Waals surface area contributed by atoms with Crippen LogP contribution in [-0.2, 0) is 0 Å². The third kappa shape index (κ3) is 3.15. The molecule has 2 aliphatic heterocycles. The molecule has 0 amide bonds. The predicted octanol–water partition coefficient (Wildman–Crippen LogP) is 3.20. The highest BCUT2D eigenvalue weighted by atomic mass is 15.1. The van der Waals surface area contributed by atoms with Crippen molar-refractivity contribution < 1.29 is 0 Å². The average molecular weight is 312 g/mol. The molecule has 2 atom stereocenters. The van der Waals surface area contributed by atoms with E-state index in [1.807, 2.05) is 0 Å². The Morgan fingerprint density at radius 3 is 2.74 bits per heavy atom. The number of pyridine rings is 1. The molecule has 2 aromatic rings. The van der Waals surface area contributed by atoms with Crippen LogP contribution in [0.5, 0.6) is 0 Å². The summed E-state index contributed by atoms with van der Waals surface area (Å²) < 4.78 is 2.20. The first-order chi connectivity index (χ1) is 11.2. The first-order valence-corrected chi connectivity index (χ1v) is 9.09. The molecular weight excluding hydrogens is 284 g/mol. The molecule has 0 aromatic carbocycles. The lowest BCUT2D eigenvalue weighted by atomic mass is 9.92. The fraction of sp³-hybridized carbons (Fsp3) is 0.632. The molecule has 4 heteroatoms. The summed E-state index contributed by atoms with van der Waals surface area (Å²) in [4.78, 5) is 7.37. The van der Waals surface area contributed by atoms with Crippen LogP contribution in [0.2, 0.25) is 0 Å². The monoisotopic (exact) mass is 312 g/mol. The third-order valence-corrected chi connectivity index (χ3v) is 5.70. The van der Waals surface area contributed by atoms with Gasteiger partial charge in [-0.15, -0.1) is 0 Å². The molecule has 4 heterocycles. The SMILES string of the molecule is C[C@H]1CCC(c2ccn3cc(C4CCN(C)CC4)nc3c2)NC1. The highest BCUT2D eigenvalue weighted by molar-refractivity contribution is 5.44. The Balaban J connectivity index is 1.55. The van der Waals surface area contributed by atoms with Crippen molar-refractivity contribution >= 4 is 5.65 Å². The van der Waals surface area contributed by atoms with Gasteiger partial charge in [0.1, 0.15) is 5.65 Å². The van der Waals surface area contributed by atoms with Crippen LogP contribution in [0, 0.1) is 5.92 Å². The van der Waals surface area contributed by atoms with Crippen LogP contribution in [0.3, 0.4) is 0 Å². The standard InChI is InChI=1S/C19H28N4/c1-14-3-4-17(20-12-14)16-7-10-23-13-18(21-19(23)11-16)15-5-8-22(2)9-6-15/h7,10-11,13-15,17,20H,3-6,8-9,12H2,1-2H3/t14-,17?/m0/s1. The molecule has 0 spiro atoms. The molecule has 2 aromatic heterocycles.